The molecule has 4 rings (SSSR count). The lowest BCUT2D eigenvalue weighted by molar-refractivity contribution is 0.473. The summed E-state index contributed by atoms with van der Waals surface area (Å²) in [5.41, 5.74) is 3.75. The van der Waals surface area contributed by atoms with Gasteiger partial charge in [-0.05, 0) is 23.8 Å². The fraction of sp³-hybridized carbons (Fsp3) is 0. The lowest BCUT2D eigenvalue weighted by Crippen LogP contribution is -1.84. The second kappa shape index (κ2) is 5.23. The van der Waals surface area contributed by atoms with Crippen LogP contribution in [-0.4, -0.2) is 20.1 Å². The molecule has 0 spiro atoms. The molecule has 0 amide bonds. The number of nitriles is 1. The van der Waals surface area contributed by atoms with E-state index in [1.54, 1.807) is 35.9 Å². The number of aromatic nitrogens is 3. The van der Waals surface area contributed by atoms with Gasteiger partial charge in [-0.1, -0.05) is 6.07 Å². The number of nitrogens with one attached hydrogen (secondary N) is 1. The highest BCUT2D eigenvalue weighted by atomic mass is 32.1. The van der Waals surface area contributed by atoms with Gasteiger partial charge in [-0.3, -0.25) is 0 Å². The first-order chi connectivity index (χ1) is 11.3. The maximum Gasteiger partial charge on any atom is 0.137 e. The number of hydrogen-bond acceptors (Lipinski definition) is 5. The number of fused-ring (bicyclic) bond motifs is 1. The predicted octanol–water partition coefficient (Wildman–Crippen LogP) is 3.93. The van der Waals surface area contributed by atoms with Crippen molar-refractivity contribution in [2.75, 3.05) is 0 Å². The van der Waals surface area contributed by atoms with Crippen molar-refractivity contribution in [3.8, 4) is 33.5 Å². The minimum Gasteiger partial charge on any atom is -0.507 e. The second-order valence-corrected chi connectivity index (χ2v) is 5.90. The quantitative estimate of drug-likeness (QED) is 0.586. The van der Waals surface area contributed by atoms with Gasteiger partial charge in [0.1, 0.15) is 22.5 Å². The number of aromatic hydroxyl groups is 1. The number of thiazole rings is 1. The van der Waals surface area contributed by atoms with Gasteiger partial charge in [-0.2, -0.15) is 5.26 Å². The van der Waals surface area contributed by atoms with E-state index in [-0.39, 0.29) is 11.3 Å². The molecule has 0 unspecified atom stereocenters. The van der Waals surface area contributed by atoms with Crippen LogP contribution in [0.2, 0.25) is 0 Å². The number of phenols is 1. The molecule has 2 N–H and O–H groups in total. The van der Waals surface area contributed by atoms with E-state index in [9.17, 15) is 5.11 Å². The van der Waals surface area contributed by atoms with Crippen LogP contribution in [0.4, 0.5) is 0 Å². The Balaban J connectivity index is 1.89. The fourth-order valence-corrected chi connectivity index (χ4v) is 3.17. The van der Waals surface area contributed by atoms with Crippen molar-refractivity contribution in [2.24, 2.45) is 0 Å². The number of aromatic amines is 1. The van der Waals surface area contributed by atoms with Gasteiger partial charge >= 0.3 is 0 Å². The van der Waals surface area contributed by atoms with Crippen LogP contribution in [0.25, 0.3) is 32.7 Å². The molecule has 0 aliphatic rings. The number of rotatable bonds is 2. The molecule has 0 saturated carbocycles. The van der Waals surface area contributed by atoms with Crippen molar-refractivity contribution in [3.63, 3.8) is 0 Å². The Hall–Kier alpha value is -3.17. The molecular formula is C17H10N4OS. The summed E-state index contributed by atoms with van der Waals surface area (Å²) in [5, 5.41) is 22.5. The Kier molecular flexibility index (Phi) is 3.07. The van der Waals surface area contributed by atoms with Crippen LogP contribution < -0.4 is 0 Å². The Labute approximate surface area is 135 Å². The van der Waals surface area contributed by atoms with Crippen molar-refractivity contribution in [3.05, 3.63) is 53.8 Å². The molecule has 0 saturated heterocycles. The van der Waals surface area contributed by atoms with Gasteiger partial charge in [0.15, 0.2) is 0 Å². The normalized spacial score (nSPS) is 10.7. The van der Waals surface area contributed by atoms with Crippen molar-refractivity contribution in [1.82, 2.24) is 15.0 Å². The van der Waals surface area contributed by atoms with Crippen LogP contribution in [0, 0.1) is 11.3 Å². The largest absolute Gasteiger partial charge is 0.507 e. The van der Waals surface area contributed by atoms with Gasteiger partial charge in [-0.15, -0.1) is 11.3 Å². The molecule has 0 bridgehead atoms. The summed E-state index contributed by atoms with van der Waals surface area (Å²) >= 11 is 1.57. The molecule has 6 heteroatoms. The van der Waals surface area contributed by atoms with Crippen LogP contribution in [0.1, 0.15) is 5.56 Å². The Morgan fingerprint density at radius 3 is 2.87 bits per heavy atom. The predicted molar refractivity (Wildman–Crippen MR) is 89.0 cm³/mol. The molecule has 0 atom stereocenters. The first-order valence-electron chi connectivity index (χ1n) is 6.87. The van der Waals surface area contributed by atoms with Gasteiger partial charge in [0, 0.05) is 40.5 Å². The molecule has 4 aromatic rings. The molecule has 1 aromatic carbocycles. The summed E-state index contributed by atoms with van der Waals surface area (Å²) in [6.45, 7) is 0. The molecule has 23 heavy (non-hydrogen) atoms. The van der Waals surface area contributed by atoms with Gasteiger partial charge in [-0.25, -0.2) is 9.97 Å². The Morgan fingerprint density at radius 2 is 2.09 bits per heavy atom. The first-order valence-corrected chi connectivity index (χ1v) is 7.75. The third-order valence-electron chi connectivity index (χ3n) is 3.64. The number of benzene rings is 1. The molecule has 110 valence electrons. The van der Waals surface area contributed by atoms with Crippen molar-refractivity contribution < 1.29 is 5.11 Å². The Morgan fingerprint density at radius 1 is 1.17 bits per heavy atom. The second-order valence-electron chi connectivity index (χ2n) is 5.00. The van der Waals surface area contributed by atoms with Crippen LogP contribution in [0.15, 0.2) is 48.2 Å². The molecule has 5 nitrogen and oxygen atoms in total. The van der Waals surface area contributed by atoms with Crippen molar-refractivity contribution in [1.29, 1.82) is 5.26 Å². The van der Waals surface area contributed by atoms with Crippen LogP contribution >= 0.6 is 11.3 Å². The summed E-state index contributed by atoms with van der Waals surface area (Å²) in [6.07, 6.45) is 5.42. The van der Waals surface area contributed by atoms with E-state index < -0.39 is 0 Å². The average Bonchev–Trinajstić information content (AvgIpc) is 3.23. The summed E-state index contributed by atoms with van der Waals surface area (Å²) < 4.78 is 0. The number of nitrogens with zero attached hydrogens (tertiary/aromatic N) is 3. The molecule has 0 radical (unpaired) electrons. The molecule has 0 fully saturated rings. The minimum atomic E-state index is -0.0181. The van der Waals surface area contributed by atoms with Crippen LogP contribution in [0.3, 0.4) is 0 Å². The topological polar surface area (TPSA) is 85.6 Å². The highest BCUT2D eigenvalue weighted by molar-refractivity contribution is 7.13. The highest BCUT2D eigenvalue weighted by Gasteiger charge is 2.11. The van der Waals surface area contributed by atoms with Crippen molar-refractivity contribution in [2.45, 2.75) is 0 Å². The van der Waals surface area contributed by atoms with Crippen LogP contribution in [-0.2, 0) is 0 Å². The van der Waals surface area contributed by atoms with E-state index in [4.69, 9.17) is 5.26 Å². The lowest BCUT2D eigenvalue weighted by atomic mass is 10.0. The maximum absolute atomic E-state index is 9.64. The number of phenolic OH excluding ortho intramolecular Hbond substituents is 1. The van der Waals surface area contributed by atoms with E-state index >= 15 is 0 Å². The van der Waals surface area contributed by atoms with Gasteiger partial charge in [0.05, 0.1) is 5.56 Å². The molecule has 3 heterocycles. The summed E-state index contributed by atoms with van der Waals surface area (Å²) in [6, 6.07) is 8.96. The van der Waals surface area contributed by atoms with Crippen LogP contribution in [0.5, 0.6) is 5.75 Å². The monoisotopic (exact) mass is 318 g/mol. The fourth-order valence-electron chi connectivity index (χ4n) is 2.50. The highest BCUT2D eigenvalue weighted by Crippen LogP contribution is 2.32. The van der Waals surface area contributed by atoms with Gasteiger partial charge in [0.2, 0.25) is 0 Å². The van der Waals surface area contributed by atoms with E-state index in [2.05, 4.69) is 15.0 Å². The molecular weight excluding hydrogens is 308 g/mol. The van der Waals surface area contributed by atoms with E-state index in [1.807, 2.05) is 23.7 Å². The summed E-state index contributed by atoms with van der Waals surface area (Å²) in [7, 11) is 0. The average molecular weight is 318 g/mol. The zero-order valence-corrected chi connectivity index (χ0v) is 12.6. The SMILES string of the molecule is N#Cc1cc(-c2cnc3[nH]cc(-c4nccs4)c3c2)ccc1O. The zero-order valence-electron chi connectivity index (χ0n) is 11.8. The third kappa shape index (κ3) is 2.24. The number of pyridine rings is 1. The van der Waals surface area contributed by atoms with Crippen molar-refractivity contribution >= 4 is 22.4 Å². The summed E-state index contributed by atoms with van der Waals surface area (Å²) in [4.78, 5) is 11.9. The van der Waals surface area contributed by atoms with E-state index in [1.165, 1.54) is 6.07 Å². The number of hydrogen-bond donors (Lipinski definition) is 2. The smallest absolute Gasteiger partial charge is 0.137 e. The third-order valence-corrected chi connectivity index (χ3v) is 4.45. The standard InChI is InChI=1S/C17H10N4OS/c18-7-11-5-10(1-2-15(11)22)12-6-13-14(17-19-3-4-23-17)9-21-16(13)20-8-12/h1-6,8-9,22H,(H,20,21). The molecule has 3 aromatic heterocycles. The summed E-state index contributed by atoms with van der Waals surface area (Å²) in [5.74, 6) is -0.0181. The maximum atomic E-state index is 9.64. The molecule has 0 aliphatic carbocycles. The minimum absolute atomic E-state index is 0.0181. The lowest BCUT2D eigenvalue weighted by Gasteiger charge is -2.04. The number of H-pyrrole nitrogens is 1. The van der Waals surface area contributed by atoms with E-state index in [0.717, 1.165) is 32.7 Å². The van der Waals surface area contributed by atoms with E-state index in [0.29, 0.717) is 0 Å². The molecule has 0 aliphatic heterocycles. The van der Waals surface area contributed by atoms with Gasteiger partial charge in [0.25, 0.3) is 0 Å². The first kappa shape index (κ1) is 13.5. The van der Waals surface area contributed by atoms with Gasteiger partial charge < -0.3 is 10.1 Å². The Bertz CT molecular complexity index is 1040. The zero-order chi connectivity index (χ0) is 15.8.